The molecule has 2 bridgehead atoms. The summed E-state index contributed by atoms with van der Waals surface area (Å²) in [6.45, 7) is 1.33. The summed E-state index contributed by atoms with van der Waals surface area (Å²) >= 11 is 0. The molecule has 4 aliphatic rings. The topological polar surface area (TPSA) is 70.6 Å². The average molecular weight is 322 g/mol. The van der Waals surface area contributed by atoms with Gasteiger partial charge in [0.1, 0.15) is 0 Å². The lowest BCUT2D eigenvalue weighted by atomic mass is 9.79. The summed E-state index contributed by atoms with van der Waals surface area (Å²) in [5.74, 6) is 4.06. The summed E-state index contributed by atoms with van der Waals surface area (Å²) in [6.07, 6.45) is 8.53. The van der Waals surface area contributed by atoms with E-state index in [0.29, 0.717) is 24.5 Å². The summed E-state index contributed by atoms with van der Waals surface area (Å²) in [5, 5.41) is 15.8. The molecular weight excluding hydrogens is 292 g/mol. The van der Waals surface area contributed by atoms with E-state index in [-0.39, 0.29) is 12.6 Å². The van der Waals surface area contributed by atoms with Crippen LogP contribution in [-0.4, -0.2) is 43.0 Å². The highest BCUT2D eigenvalue weighted by Gasteiger charge is 2.54. The van der Waals surface area contributed by atoms with Crippen LogP contribution in [0.3, 0.4) is 0 Å². The maximum atomic E-state index is 12.1. The number of hydrogen-bond donors (Lipinski definition) is 3. The van der Waals surface area contributed by atoms with Gasteiger partial charge >= 0.3 is 6.03 Å². The first-order valence-corrected chi connectivity index (χ1v) is 9.51. The number of hydrogen-bond acceptors (Lipinski definition) is 3. The summed E-state index contributed by atoms with van der Waals surface area (Å²) < 4.78 is 5.45. The van der Waals surface area contributed by atoms with Crippen LogP contribution >= 0.6 is 0 Å². The van der Waals surface area contributed by atoms with E-state index in [0.717, 1.165) is 30.8 Å². The van der Waals surface area contributed by atoms with Crippen molar-refractivity contribution in [3.8, 4) is 0 Å². The zero-order chi connectivity index (χ0) is 15.8. The van der Waals surface area contributed by atoms with Crippen LogP contribution in [-0.2, 0) is 4.74 Å². The number of carbonyl (C=O) groups is 1. The fourth-order valence-electron chi connectivity index (χ4n) is 5.38. The molecule has 4 rings (SSSR count). The smallest absolute Gasteiger partial charge is 0.315 e. The van der Waals surface area contributed by atoms with Gasteiger partial charge in [0.05, 0.1) is 12.7 Å². The van der Waals surface area contributed by atoms with Crippen molar-refractivity contribution in [2.75, 3.05) is 19.8 Å². The third-order valence-electron chi connectivity index (χ3n) is 6.60. The van der Waals surface area contributed by atoms with Crippen molar-refractivity contribution in [1.82, 2.24) is 10.6 Å². The highest BCUT2D eigenvalue weighted by atomic mass is 16.5. The Balaban J connectivity index is 1.14. The second kappa shape index (κ2) is 6.60. The average Bonchev–Trinajstić information content (AvgIpc) is 2.96. The van der Waals surface area contributed by atoms with Crippen molar-refractivity contribution in [3.05, 3.63) is 0 Å². The van der Waals surface area contributed by atoms with Crippen LogP contribution in [0.1, 0.15) is 44.9 Å². The van der Waals surface area contributed by atoms with E-state index in [1.54, 1.807) is 0 Å². The second-order valence-electron chi connectivity index (χ2n) is 8.25. The van der Waals surface area contributed by atoms with E-state index < -0.39 is 6.10 Å². The molecule has 4 saturated carbocycles. The van der Waals surface area contributed by atoms with Crippen LogP contribution in [0.4, 0.5) is 4.79 Å². The first kappa shape index (κ1) is 15.7. The fourth-order valence-corrected chi connectivity index (χ4v) is 5.38. The Morgan fingerprint density at radius 2 is 1.96 bits per heavy atom. The minimum Gasteiger partial charge on any atom is -0.389 e. The third kappa shape index (κ3) is 3.50. The van der Waals surface area contributed by atoms with Gasteiger partial charge in [-0.2, -0.15) is 0 Å². The van der Waals surface area contributed by atoms with Gasteiger partial charge in [-0.15, -0.1) is 0 Å². The SMILES string of the molecule is O=C(NCC(O)COCC1CC1)NC1CC2CC1C1CCCC21. The molecule has 130 valence electrons. The van der Waals surface area contributed by atoms with Gasteiger partial charge in [0, 0.05) is 19.2 Å². The highest BCUT2D eigenvalue weighted by molar-refractivity contribution is 5.74. The zero-order valence-electron chi connectivity index (χ0n) is 13.9. The van der Waals surface area contributed by atoms with Crippen molar-refractivity contribution in [2.24, 2.45) is 29.6 Å². The zero-order valence-corrected chi connectivity index (χ0v) is 13.9. The Hall–Kier alpha value is -0.810. The van der Waals surface area contributed by atoms with Crippen molar-refractivity contribution in [1.29, 1.82) is 0 Å². The number of amides is 2. The molecule has 3 N–H and O–H groups in total. The Labute approximate surface area is 138 Å². The number of fused-ring (bicyclic) bond motifs is 5. The predicted octanol–water partition coefficient (Wildman–Crippen LogP) is 1.90. The van der Waals surface area contributed by atoms with Crippen LogP contribution in [0.2, 0.25) is 0 Å². The highest BCUT2D eigenvalue weighted by Crippen LogP contribution is 2.58. The number of nitrogens with one attached hydrogen (secondary N) is 2. The third-order valence-corrected chi connectivity index (χ3v) is 6.60. The minimum absolute atomic E-state index is 0.127. The van der Waals surface area contributed by atoms with Gasteiger partial charge < -0.3 is 20.5 Å². The van der Waals surface area contributed by atoms with Crippen LogP contribution in [0.15, 0.2) is 0 Å². The molecule has 0 aliphatic heterocycles. The molecule has 2 amide bonds. The maximum Gasteiger partial charge on any atom is 0.315 e. The molecule has 6 atom stereocenters. The molecule has 0 radical (unpaired) electrons. The minimum atomic E-state index is -0.612. The predicted molar refractivity (Wildman–Crippen MR) is 86.9 cm³/mol. The quantitative estimate of drug-likeness (QED) is 0.670. The molecular formula is C18H30N2O3. The van der Waals surface area contributed by atoms with Crippen molar-refractivity contribution >= 4 is 6.03 Å². The van der Waals surface area contributed by atoms with Gasteiger partial charge in [-0.1, -0.05) is 6.42 Å². The molecule has 5 nitrogen and oxygen atoms in total. The van der Waals surface area contributed by atoms with Crippen molar-refractivity contribution in [3.63, 3.8) is 0 Å². The Morgan fingerprint density at radius 1 is 1.13 bits per heavy atom. The summed E-state index contributed by atoms with van der Waals surface area (Å²) in [6, 6.07) is 0.223. The van der Waals surface area contributed by atoms with Crippen LogP contribution < -0.4 is 10.6 Å². The molecule has 0 heterocycles. The van der Waals surface area contributed by atoms with Gasteiger partial charge in [-0.05, 0) is 68.1 Å². The van der Waals surface area contributed by atoms with Crippen LogP contribution in [0, 0.1) is 29.6 Å². The van der Waals surface area contributed by atoms with E-state index in [1.807, 2.05) is 0 Å². The lowest BCUT2D eigenvalue weighted by Gasteiger charge is -2.32. The first-order chi connectivity index (χ1) is 11.2. The van der Waals surface area contributed by atoms with Gasteiger partial charge in [0.2, 0.25) is 0 Å². The lowest BCUT2D eigenvalue weighted by Crippen LogP contribution is -2.48. The summed E-state index contributed by atoms with van der Waals surface area (Å²) in [5.41, 5.74) is 0. The van der Waals surface area contributed by atoms with Gasteiger partial charge in [0.15, 0.2) is 0 Å². The molecule has 4 fully saturated rings. The van der Waals surface area contributed by atoms with E-state index >= 15 is 0 Å². The Bertz CT molecular complexity index is 440. The molecule has 0 spiro atoms. The number of ether oxygens (including phenoxy) is 1. The Kier molecular flexibility index (Phi) is 4.50. The standard InChI is InChI=1S/C18H30N2O3/c21-13(10-23-9-11-4-5-11)8-19-18(22)20-17-7-12-6-16(17)15-3-1-2-14(12)15/h11-17,21H,1-10H2,(H2,19,20,22). The van der Waals surface area contributed by atoms with Crippen molar-refractivity contribution < 1.29 is 14.6 Å². The van der Waals surface area contributed by atoms with Gasteiger partial charge in [0.25, 0.3) is 0 Å². The molecule has 0 aromatic heterocycles. The molecule has 0 aromatic carbocycles. The molecule has 0 aromatic rings. The molecule has 6 unspecified atom stereocenters. The van der Waals surface area contributed by atoms with E-state index in [4.69, 9.17) is 4.74 Å². The number of urea groups is 1. The number of aliphatic hydroxyl groups is 1. The lowest BCUT2D eigenvalue weighted by molar-refractivity contribution is 0.0336. The molecule has 4 aliphatic carbocycles. The molecule has 23 heavy (non-hydrogen) atoms. The Morgan fingerprint density at radius 3 is 2.78 bits per heavy atom. The first-order valence-electron chi connectivity index (χ1n) is 9.51. The second-order valence-corrected chi connectivity index (χ2v) is 8.25. The number of aliphatic hydroxyl groups excluding tert-OH is 1. The van der Waals surface area contributed by atoms with E-state index in [1.165, 1.54) is 38.5 Å². The van der Waals surface area contributed by atoms with Crippen LogP contribution in [0.5, 0.6) is 0 Å². The van der Waals surface area contributed by atoms with Crippen molar-refractivity contribution in [2.45, 2.75) is 57.1 Å². The fraction of sp³-hybridized carbons (Fsp3) is 0.944. The van der Waals surface area contributed by atoms with Crippen LogP contribution in [0.25, 0.3) is 0 Å². The monoisotopic (exact) mass is 322 g/mol. The molecule has 5 heteroatoms. The van der Waals surface area contributed by atoms with E-state index in [2.05, 4.69) is 10.6 Å². The van der Waals surface area contributed by atoms with Gasteiger partial charge in [-0.3, -0.25) is 0 Å². The number of rotatable bonds is 7. The normalized spacial score (nSPS) is 39.3. The van der Waals surface area contributed by atoms with E-state index in [9.17, 15) is 9.90 Å². The van der Waals surface area contributed by atoms with Gasteiger partial charge in [-0.25, -0.2) is 4.79 Å². The maximum absolute atomic E-state index is 12.1. The molecule has 0 saturated heterocycles. The summed E-state index contributed by atoms with van der Waals surface area (Å²) in [4.78, 5) is 12.1. The largest absolute Gasteiger partial charge is 0.389 e. The number of carbonyl (C=O) groups excluding carboxylic acids is 1. The summed E-state index contributed by atoms with van der Waals surface area (Å²) in [7, 11) is 0.